The molecule has 0 atom stereocenters. The largest absolute Gasteiger partial charge is 0.312 e. The van der Waals surface area contributed by atoms with Crippen LogP contribution < -0.4 is 5.32 Å². The molecule has 0 spiro atoms. The average Bonchev–Trinajstić information content (AvgIpc) is 2.38. The Bertz CT molecular complexity index is 396. The van der Waals surface area contributed by atoms with Crippen LogP contribution in [0.25, 0.3) is 0 Å². The van der Waals surface area contributed by atoms with Crippen LogP contribution in [0.15, 0.2) is 24.3 Å². The van der Waals surface area contributed by atoms with Gasteiger partial charge in [0.25, 0.3) is 0 Å². The minimum atomic E-state index is 0.587. The molecule has 0 fully saturated rings. The lowest BCUT2D eigenvalue weighted by molar-refractivity contribution is 0.188. The van der Waals surface area contributed by atoms with Crippen molar-refractivity contribution < 1.29 is 0 Å². The van der Waals surface area contributed by atoms with Gasteiger partial charge >= 0.3 is 0 Å². The topological polar surface area (TPSA) is 15.3 Å². The lowest BCUT2D eigenvalue weighted by atomic mass is 10.0. The van der Waals surface area contributed by atoms with Gasteiger partial charge in [0, 0.05) is 25.7 Å². The van der Waals surface area contributed by atoms with E-state index in [2.05, 4.69) is 76.0 Å². The first-order valence-corrected chi connectivity index (χ1v) is 8.41. The van der Waals surface area contributed by atoms with E-state index in [-0.39, 0.29) is 0 Å². The number of rotatable bonds is 9. The molecule has 1 aromatic carbocycles. The summed E-state index contributed by atoms with van der Waals surface area (Å²) >= 11 is 0. The molecule has 0 aliphatic heterocycles. The maximum absolute atomic E-state index is 3.57. The molecule has 2 heteroatoms. The zero-order valence-corrected chi connectivity index (χ0v) is 14.8. The first-order valence-electron chi connectivity index (χ1n) is 8.41. The van der Waals surface area contributed by atoms with Gasteiger partial charge in [-0.25, -0.2) is 0 Å². The highest BCUT2D eigenvalue weighted by Gasteiger charge is 2.13. The van der Waals surface area contributed by atoms with Crippen molar-refractivity contribution >= 4 is 0 Å². The van der Waals surface area contributed by atoms with Crippen molar-refractivity contribution in [3.05, 3.63) is 35.4 Å². The summed E-state index contributed by atoms with van der Waals surface area (Å²) in [6.07, 6.45) is 0. The Morgan fingerprint density at radius 2 is 1.52 bits per heavy atom. The van der Waals surface area contributed by atoms with Gasteiger partial charge in [-0.15, -0.1) is 0 Å². The summed E-state index contributed by atoms with van der Waals surface area (Å²) < 4.78 is 0. The third-order valence-electron chi connectivity index (χ3n) is 3.69. The molecule has 0 radical (unpaired) electrons. The van der Waals surface area contributed by atoms with Crippen LogP contribution in [0.4, 0.5) is 0 Å². The molecule has 0 saturated heterocycles. The molecule has 0 aliphatic carbocycles. The summed E-state index contributed by atoms with van der Waals surface area (Å²) in [5.41, 5.74) is 2.90. The summed E-state index contributed by atoms with van der Waals surface area (Å²) in [6.45, 7) is 17.9. The van der Waals surface area contributed by atoms with Gasteiger partial charge in [-0.1, -0.05) is 52.0 Å². The van der Waals surface area contributed by atoms with Crippen LogP contribution in [-0.2, 0) is 13.1 Å². The molecule has 21 heavy (non-hydrogen) atoms. The molecular formula is C19H34N2. The molecule has 1 aromatic rings. The van der Waals surface area contributed by atoms with Crippen molar-refractivity contribution in [3.63, 3.8) is 0 Å². The van der Waals surface area contributed by atoms with Crippen molar-refractivity contribution in [3.8, 4) is 0 Å². The molecule has 0 aromatic heterocycles. The summed E-state index contributed by atoms with van der Waals surface area (Å²) in [6, 6.07) is 9.44. The molecule has 0 aliphatic rings. The zero-order valence-electron chi connectivity index (χ0n) is 14.8. The molecule has 1 N–H and O–H groups in total. The Morgan fingerprint density at radius 3 is 2.05 bits per heavy atom. The summed E-state index contributed by atoms with van der Waals surface area (Å²) in [5.74, 6) is 1.41. The Morgan fingerprint density at radius 1 is 0.905 bits per heavy atom. The minimum Gasteiger partial charge on any atom is -0.312 e. The molecule has 0 unspecified atom stereocenters. The van der Waals surface area contributed by atoms with E-state index >= 15 is 0 Å². The van der Waals surface area contributed by atoms with Crippen LogP contribution in [0.3, 0.4) is 0 Å². The highest BCUT2D eigenvalue weighted by molar-refractivity contribution is 5.27. The Kier molecular flexibility index (Phi) is 7.98. The number of benzene rings is 1. The maximum atomic E-state index is 3.57. The predicted molar refractivity (Wildman–Crippen MR) is 93.4 cm³/mol. The highest BCUT2D eigenvalue weighted by atomic mass is 15.1. The van der Waals surface area contributed by atoms with Gasteiger partial charge in [-0.05, 0) is 43.4 Å². The molecule has 2 nitrogen and oxygen atoms in total. The van der Waals surface area contributed by atoms with E-state index in [4.69, 9.17) is 0 Å². The molecule has 1 rings (SSSR count). The third kappa shape index (κ3) is 7.10. The van der Waals surface area contributed by atoms with E-state index in [1.54, 1.807) is 0 Å². The molecule has 0 bridgehead atoms. The first-order chi connectivity index (χ1) is 9.90. The van der Waals surface area contributed by atoms with Crippen molar-refractivity contribution in [2.24, 2.45) is 11.8 Å². The predicted octanol–water partition coefficient (Wildman–Crippen LogP) is 4.30. The van der Waals surface area contributed by atoms with Crippen LogP contribution in [0.2, 0.25) is 0 Å². The minimum absolute atomic E-state index is 0.587. The first kappa shape index (κ1) is 18.2. The van der Waals surface area contributed by atoms with E-state index in [9.17, 15) is 0 Å². The van der Waals surface area contributed by atoms with Gasteiger partial charge in [0.1, 0.15) is 0 Å². The fourth-order valence-corrected chi connectivity index (χ4v) is 2.53. The Labute approximate surface area is 131 Å². The number of nitrogens with one attached hydrogen (secondary N) is 1. The van der Waals surface area contributed by atoms with Gasteiger partial charge in [-0.2, -0.15) is 0 Å². The monoisotopic (exact) mass is 290 g/mol. The van der Waals surface area contributed by atoms with Crippen molar-refractivity contribution in [2.45, 2.75) is 60.7 Å². The van der Waals surface area contributed by atoms with Crippen LogP contribution in [0.1, 0.15) is 52.7 Å². The van der Waals surface area contributed by atoms with Crippen LogP contribution in [0.5, 0.6) is 0 Å². The van der Waals surface area contributed by atoms with Crippen molar-refractivity contribution in [2.75, 3.05) is 13.1 Å². The van der Waals surface area contributed by atoms with Crippen LogP contribution in [0, 0.1) is 11.8 Å². The van der Waals surface area contributed by atoms with E-state index in [1.165, 1.54) is 11.1 Å². The van der Waals surface area contributed by atoms with E-state index < -0.39 is 0 Å². The van der Waals surface area contributed by atoms with E-state index in [0.29, 0.717) is 17.9 Å². The number of hydrogen-bond donors (Lipinski definition) is 1. The fourth-order valence-electron chi connectivity index (χ4n) is 2.53. The standard InChI is InChI=1S/C19H34N2/c1-15(2)11-20-12-18-9-7-8-10-19(18)14-21(17(5)6)13-16(3)4/h7-10,15-17,20H,11-14H2,1-6H3. The molecule has 0 saturated carbocycles. The maximum Gasteiger partial charge on any atom is 0.0239 e. The molecule has 120 valence electrons. The highest BCUT2D eigenvalue weighted by Crippen LogP contribution is 2.15. The lowest BCUT2D eigenvalue weighted by Gasteiger charge is -2.29. The zero-order chi connectivity index (χ0) is 15.8. The smallest absolute Gasteiger partial charge is 0.0239 e. The summed E-state index contributed by atoms with van der Waals surface area (Å²) in [4.78, 5) is 2.58. The van der Waals surface area contributed by atoms with Gasteiger partial charge in [0.05, 0.1) is 0 Å². The van der Waals surface area contributed by atoms with Gasteiger partial charge in [0.2, 0.25) is 0 Å². The SMILES string of the molecule is CC(C)CNCc1ccccc1CN(CC(C)C)C(C)C. The van der Waals surface area contributed by atoms with Crippen molar-refractivity contribution in [1.29, 1.82) is 0 Å². The normalized spacial score (nSPS) is 12.1. The Balaban J connectivity index is 2.72. The molecular weight excluding hydrogens is 256 g/mol. The molecule has 0 amide bonds. The van der Waals surface area contributed by atoms with E-state index in [0.717, 1.165) is 26.2 Å². The van der Waals surface area contributed by atoms with E-state index in [1.807, 2.05) is 0 Å². The quantitative estimate of drug-likeness (QED) is 0.729. The van der Waals surface area contributed by atoms with Crippen molar-refractivity contribution in [1.82, 2.24) is 10.2 Å². The van der Waals surface area contributed by atoms with Gasteiger partial charge < -0.3 is 5.32 Å². The fraction of sp³-hybridized carbons (Fsp3) is 0.684. The molecule has 0 heterocycles. The van der Waals surface area contributed by atoms with Gasteiger partial charge in [-0.3, -0.25) is 4.90 Å². The summed E-state index contributed by atoms with van der Waals surface area (Å²) in [7, 11) is 0. The second kappa shape index (κ2) is 9.22. The van der Waals surface area contributed by atoms with Crippen LogP contribution >= 0.6 is 0 Å². The number of nitrogens with zero attached hydrogens (tertiary/aromatic N) is 1. The second-order valence-electron chi connectivity index (χ2n) is 7.21. The third-order valence-corrected chi connectivity index (χ3v) is 3.69. The van der Waals surface area contributed by atoms with Crippen LogP contribution in [-0.4, -0.2) is 24.0 Å². The lowest BCUT2D eigenvalue weighted by Crippen LogP contribution is -2.34. The summed E-state index contributed by atoms with van der Waals surface area (Å²) in [5, 5.41) is 3.57. The Hall–Kier alpha value is -0.860. The van der Waals surface area contributed by atoms with Gasteiger partial charge in [0.15, 0.2) is 0 Å². The average molecular weight is 290 g/mol. The second-order valence-corrected chi connectivity index (χ2v) is 7.21. The number of hydrogen-bond acceptors (Lipinski definition) is 2.